The van der Waals surface area contributed by atoms with Gasteiger partial charge in [-0.05, 0) is 35.4 Å². The van der Waals surface area contributed by atoms with E-state index in [1.165, 1.54) is 0 Å². The summed E-state index contributed by atoms with van der Waals surface area (Å²) in [6.45, 7) is 6.16. The van der Waals surface area contributed by atoms with Crippen LogP contribution in [0.2, 0.25) is 0 Å². The SMILES string of the molecule is Cc1cncc(-c2c(OCC(O)CN3CCN(CC(N)=O)CC3)ccc3ccccc23)c1. The highest BCUT2D eigenvalue weighted by Crippen LogP contribution is 2.37. The first kappa shape index (κ1) is 22.2. The maximum Gasteiger partial charge on any atom is 0.231 e. The van der Waals surface area contributed by atoms with Gasteiger partial charge in [0.15, 0.2) is 0 Å². The number of rotatable bonds is 8. The smallest absolute Gasteiger partial charge is 0.231 e. The highest BCUT2D eigenvalue weighted by Gasteiger charge is 2.21. The molecule has 168 valence electrons. The Morgan fingerprint density at radius 2 is 1.88 bits per heavy atom. The van der Waals surface area contributed by atoms with Crippen LogP contribution in [0.25, 0.3) is 21.9 Å². The molecule has 0 bridgehead atoms. The number of benzene rings is 2. The number of primary amides is 1. The average molecular weight is 435 g/mol. The molecule has 2 heterocycles. The number of hydrogen-bond acceptors (Lipinski definition) is 6. The van der Waals surface area contributed by atoms with Gasteiger partial charge >= 0.3 is 0 Å². The van der Waals surface area contributed by atoms with Crippen molar-refractivity contribution in [1.29, 1.82) is 0 Å². The summed E-state index contributed by atoms with van der Waals surface area (Å²) in [5.74, 6) is 0.434. The number of carbonyl (C=O) groups is 1. The van der Waals surface area contributed by atoms with Crippen molar-refractivity contribution in [2.45, 2.75) is 13.0 Å². The zero-order valence-corrected chi connectivity index (χ0v) is 18.4. The van der Waals surface area contributed by atoms with Crippen molar-refractivity contribution in [2.75, 3.05) is 45.9 Å². The lowest BCUT2D eigenvalue weighted by Gasteiger charge is -2.34. The van der Waals surface area contributed by atoms with Gasteiger partial charge in [-0.3, -0.25) is 19.6 Å². The predicted molar refractivity (Wildman–Crippen MR) is 125 cm³/mol. The van der Waals surface area contributed by atoms with Gasteiger partial charge in [0.2, 0.25) is 5.91 Å². The lowest BCUT2D eigenvalue weighted by atomic mass is 9.97. The summed E-state index contributed by atoms with van der Waals surface area (Å²) in [5.41, 5.74) is 8.35. The summed E-state index contributed by atoms with van der Waals surface area (Å²) >= 11 is 0. The number of aromatic nitrogens is 1. The molecule has 7 heteroatoms. The van der Waals surface area contributed by atoms with Crippen molar-refractivity contribution < 1.29 is 14.6 Å². The van der Waals surface area contributed by atoms with Crippen LogP contribution in [0, 0.1) is 6.92 Å². The van der Waals surface area contributed by atoms with Crippen LogP contribution in [0.15, 0.2) is 54.9 Å². The van der Waals surface area contributed by atoms with Gasteiger partial charge in [-0.2, -0.15) is 0 Å². The summed E-state index contributed by atoms with van der Waals surface area (Å²) in [6.07, 6.45) is 3.07. The zero-order valence-electron chi connectivity index (χ0n) is 18.4. The van der Waals surface area contributed by atoms with Gasteiger partial charge in [-0.1, -0.05) is 30.3 Å². The van der Waals surface area contributed by atoms with Crippen molar-refractivity contribution in [2.24, 2.45) is 5.73 Å². The van der Waals surface area contributed by atoms with Crippen molar-refractivity contribution in [3.8, 4) is 16.9 Å². The molecule has 2 aromatic carbocycles. The van der Waals surface area contributed by atoms with E-state index in [9.17, 15) is 9.90 Å². The van der Waals surface area contributed by atoms with Crippen molar-refractivity contribution >= 4 is 16.7 Å². The number of aryl methyl sites for hydroxylation is 1. The molecule has 1 atom stereocenters. The molecule has 0 radical (unpaired) electrons. The van der Waals surface area contributed by atoms with Crippen LogP contribution in [0.4, 0.5) is 0 Å². The lowest BCUT2D eigenvalue weighted by Crippen LogP contribution is -2.50. The van der Waals surface area contributed by atoms with E-state index in [4.69, 9.17) is 10.5 Å². The van der Waals surface area contributed by atoms with E-state index in [1.54, 1.807) is 0 Å². The van der Waals surface area contributed by atoms with Gasteiger partial charge in [-0.25, -0.2) is 0 Å². The maximum absolute atomic E-state index is 11.1. The first-order valence-electron chi connectivity index (χ1n) is 11.0. The molecule has 3 aromatic rings. The molecule has 1 aromatic heterocycles. The Labute approximate surface area is 188 Å². The van der Waals surface area contributed by atoms with Crippen LogP contribution >= 0.6 is 0 Å². The van der Waals surface area contributed by atoms with Crippen LogP contribution < -0.4 is 10.5 Å². The van der Waals surface area contributed by atoms with Gasteiger partial charge < -0.3 is 15.6 Å². The van der Waals surface area contributed by atoms with Crippen LogP contribution in [-0.4, -0.2) is 77.8 Å². The summed E-state index contributed by atoms with van der Waals surface area (Å²) < 4.78 is 6.14. The fraction of sp³-hybridized carbons (Fsp3) is 0.360. The van der Waals surface area contributed by atoms with E-state index < -0.39 is 6.10 Å². The Hall–Kier alpha value is -3.00. The van der Waals surface area contributed by atoms with Crippen LogP contribution in [-0.2, 0) is 4.79 Å². The summed E-state index contributed by atoms with van der Waals surface area (Å²) in [7, 11) is 0. The predicted octanol–water partition coefficient (Wildman–Crippen LogP) is 2.05. The zero-order chi connectivity index (χ0) is 22.5. The van der Waals surface area contributed by atoms with Crippen LogP contribution in [0.5, 0.6) is 5.75 Å². The Morgan fingerprint density at radius 3 is 2.62 bits per heavy atom. The molecular weight excluding hydrogens is 404 g/mol. The first-order valence-corrected chi connectivity index (χ1v) is 11.0. The van der Waals surface area contributed by atoms with E-state index in [0.717, 1.165) is 59.4 Å². The summed E-state index contributed by atoms with van der Waals surface area (Å²) in [5, 5.41) is 12.9. The van der Waals surface area contributed by atoms with Crippen molar-refractivity contribution in [1.82, 2.24) is 14.8 Å². The second kappa shape index (κ2) is 10.1. The molecule has 7 nitrogen and oxygen atoms in total. The standard InChI is InChI=1S/C25H30N4O3/c1-18-12-20(14-27-13-18)25-22-5-3-2-4-19(22)6-7-23(25)32-17-21(30)15-28-8-10-29(11-9-28)16-24(26)31/h2-7,12-14,21,30H,8-11,15-17H2,1H3,(H2,26,31). The molecule has 1 aliphatic rings. The molecule has 3 N–H and O–H groups in total. The van der Waals surface area contributed by atoms with E-state index in [0.29, 0.717) is 6.54 Å². The molecule has 1 aliphatic heterocycles. The minimum atomic E-state index is -0.618. The molecule has 1 saturated heterocycles. The van der Waals surface area contributed by atoms with E-state index in [2.05, 4.69) is 28.1 Å². The summed E-state index contributed by atoms with van der Waals surface area (Å²) in [6, 6.07) is 14.3. The molecule has 1 amide bonds. The number of pyridine rings is 1. The largest absolute Gasteiger partial charge is 0.490 e. The number of aliphatic hydroxyl groups is 1. The van der Waals surface area contributed by atoms with Gasteiger partial charge in [0.25, 0.3) is 0 Å². The Bertz CT molecular complexity index is 1080. The molecule has 0 saturated carbocycles. The minimum Gasteiger partial charge on any atom is -0.490 e. The number of aliphatic hydroxyl groups excluding tert-OH is 1. The molecular formula is C25H30N4O3. The number of β-amino-alcohol motifs (C(OH)–C–C–N with tert-alkyl or cyclic N) is 1. The minimum absolute atomic E-state index is 0.200. The van der Waals surface area contributed by atoms with Gasteiger partial charge in [0.1, 0.15) is 18.5 Å². The van der Waals surface area contributed by atoms with Crippen LogP contribution in [0.3, 0.4) is 0 Å². The lowest BCUT2D eigenvalue weighted by molar-refractivity contribution is -0.119. The fourth-order valence-corrected chi connectivity index (χ4v) is 4.25. The summed E-state index contributed by atoms with van der Waals surface area (Å²) in [4.78, 5) is 19.7. The Morgan fingerprint density at radius 1 is 1.12 bits per heavy atom. The average Bonchev–Trinajstić information content (AvgIpc) is 2.78. The van der Waals surface area contributed by atoms with Gasteiger partial charge in [0, 0.05) is 56.2 Å². The third-order valence-corrected chi connectivity index (χ3v) is 5.80. The second-order valence-corrected chi connectivity index (χ2v) is 8.42. The molecule has 4 rings (SSSR count). The topological polar surface area (TPSA) is 91.9 Å². The second-order valence-electron chi connectivity index (χ2n) is 8.42. The number of hydrogen-bond donors (Lipinski definition) is 2. The number of nitrogens with two attached hydrogens (primary N) is 1. The van der Waals surface area contributed by atoms with Gasteiger partial charge in [0.05, 0.1) is 6.54 Å². The molecule has 1 unspecified atom stereocenters. The normalized spacial score (nSPS) is 16.2. The fourth-order valence-electron chi connectivity index (χ4n) is 4.25. The monoisotopic (exact) mass is 434 g/mol. The number of piperazine rings is 1. The quantitative estimate of drug-likeness (QED) is 0.564. The highest BCUT2D eigenvalue weighted by atomic mass is 16.5. The Kier molecular flexibility index (Phi) is 6.99. The maximum atomic E-state index is 11.1. The third kappa shape index (κ3) is 5.43. The molecule has 0 aliphatic carbocycles. The first-order chi connectivity index (χ1) is 15.5. The number of amides is 1. The van der Waals surface area contributed by atoms with E-state index >= 15 is 0 Å². The van der Waals surface area contributed by atoms with Crippen molar-refractivity contribution in [3.05, 3.63) is 60.4 Å². The molecule has 1 fully saturated rings. The number of ether oxygens (including phenoxy) is 1. The Balaban J connectivity index is 1.44. The number of fused-ring (bicyclic) bond motifs is 1. The number of nitrogens with zero attached hydrogens (tertiary/aromatic N) is 3. The van der Waals surface area contributed by atoms with E-state index in [1.807, 2.05) is 48.5 Å². The number of carbonyl (C=O) groups excluding carboxylic acids is 1. The third-order valence-electron chi connectivity index (χ3n) is 5.80. The molecule has 0 spiro atoms. The van der Waals surface area contributed by atoms with Gasteiger partial charge in [-0.15, -0.1) is 0 Å². The van der Waals surface area contributed by atoms with Crippen LogP contribution in [0.1, 0.15) is 5.56 Å². The van der Waals surface area contributed by atoms with Crippen molar-refractivity contribution in [3.63, 3.8) is 0 Å². The molecule has 32 heavy (non-hydrogen) atoms. The highest BCUT2D eigenvalue weighted by molar-refractivity contribution is 5.99. The van der Waals surface area contributed by atoms with E-state index in [-0.39, 0.29) is 19.1 Å².